The third-order valence-corrected chi connectivity index (χ3v) is 6.45. The first-order chi connectivity index (χ1) is 13.5. The van der Waals surface area contributed by atoms with Crippen LogP contribution in [0, 0.1) is 20.8 Å². The second kappa shape index (κ2) is 7.73. The van der Waals surface area contributed by atoms with Gasteiger partial charge in [0.1, 0.15) is 5.65 Å². The number of aryl methyl sites for hydroxylation is 3. The molecule has 0 atom stereocenters. The molecule has 1 aromatic carbocycles. The van der Waals surface area contributed by atoms with Crippen LogP contribution >= 0.6 is 23.1 Å². The lowest BCUT2D eigenvalue weighted by atomic mass is 10.1. The summed E-state index contributed by atoms with van der Waals surface area (Å²) in [6, 6.07) is 11.6. The predicted molar refractivity (Wildman–Crippen MR) is 115 cm³/mol. The van der Waals surface area contributed by atoms with Crippen molar-refractivity contribution in [2.75, 3.05) is 5.32 Å². The molecule has 4 aromatic rings. The Balaban J connectivity index is 1.47. The van der Waals surface area contributed by atoms with Crippen LogP contribution in [0.15, 0.2) is 51.7 Å². The average molecular weight is 410 g/mol. The predicted octanol–water partition coefficient (Wildman–Crippen LogP) is 4.51. The lowest BCUT2D eigenvalue weighted by Gasteiger charge is -2.05. The molecule has 4 rings (SSSR count). The van der Waals surface area contributed by atoms with Crippen LogP contribution in [-0.4, -0.2) is 19.6 Å². The monoisotopic (exact) mass is 409 g/mol. The van der Waals surface area contributed by atoms with Gasteiger partial charge in [-0.3, -0.25) is 9.20 Å². The molecule has 0 saturated heterocycles. The topological polar surface area (TPSA) is 72.2 Å². The Morgan fingerprint density at radius 2 is 1.93 bits per heavy atom. The molecule has 6 nitrogen and oxygen atoms in total. The smallest absolute Gasteiger partial charge is 0.258 e. The summed E-state index contributed by atoms with van der Waals surface area (Å²) in [5, 5.41) is 12.5. The minimum absolute atomic E-state index is 0.0707. The van der Waals surface area contributed by atoms with Gasteiger partial charge in [0.05, 0.1) is 5.69 Å². The van der Waals surface area contributed by atoms with Crippen LogP contribution < -0.4 is 10.9 Å². The second-order valence-corrected chi connectivity index (χ2v) is 8.76. The van der Waals surface area contributed by atoms with Gasteiger partial charge in [-0.15, -0.1) is 10.2 Å². The number of nitrogens with zero attached hydrogens (tertiary/aromatic N) is 4. The maximum Gasteiger partial charge on any atom is 0.258 e. The van der Waals surface area contributed by atoms with Crippen LogP contribution in [0.2, 0.25) is 0 Å². The molecule has 0 bridgehead atoms. The van der Waals surface area contributed by atoms with E-state index < -0.39 is 0 Å². The summed E-state index contributed by atoms with van der Waals surface area (Å²) in [6.45, 7) is 6.13. The van der Waals surface area contributed by atoms with E-state index in [1.54, 1.807) is 16.7 Å². The van der Waals surface area contributed by atoms with Crippen molar-refractivity contribution >= 4 is 39.6 Å². The minimum Gasteiger partial charge on any atom is -0.330 e. The minimum atomic E-state index is -0.0707. The number of aromatic nitrogens is 4. The quantitative estimate of drug-likeness (QED) is 0.489. The molecule has 0 radical (unpaired) electrons. The van der Waals surface area contributed by atoms with E-state index in [1.807, 2.05) is 25.1 Å². The molecular formula is C20H19N5OS2. The van der Waals surface area contributed by atoms with Crippen molar-refractivity contribution in [3.8, 4) is 0 Å². The van der Waals surface area contributed by atoms with Crippen molar-refractivity contribution in [3.63, 3.8) is 0 Å². The number of anilines is 2. The zero-order valence-corrected chi connectivity index (χ0v) is 17.4. The van der Waals surface area contributed by atoms with Gasteiger partial charge in [-0.2, -0.15) is 0 Å². The van der Waals surface area contributed by atoms with Crippen LogP contribution in [-0.2, 0) is 5.75 Å². The van der Waals surface area contributed by atoms with Gasteiger partial charge in [-0.05, 0) is 55.7 Å². The highest BCUT2D eigenvalue weighted by atomic mass is 32.2. The molecule has 0 spiro atoms. The number of hydrogen-bond donors (Lipinski definition) is 1. The van der Waals surface area contributed by atoms with Gasteiger partial charge in [0.15, 0.2) is 4.34 Å². The SMILES string of the molecule is Cc1ccc(Nc2nnc(SCc3cc(=O)n4cccc(C)c4n3)s2)cc1C. The lowest BCUT2D eigenvalue weighted by Crippen LogP contribution is -2.15. The largest absolute Gasteiger partial charge is 0.330 e. The molecule has 0 aliphatic rings. The molecule has 1 N–H and O–H groups in total. The first-order valence-electron chi connectivity index (χ1n) is 8.78. The number of thioether (sulfide) groups is 1. The maximum atomic E-state index is 12.3. The van der Waals surface area contributed by atoms with E-state index in [9.17, 15) is 4.79 Å². The van der Waals surface area contributed by atoms with Crippen LogP contribution in [0.25, 0.3) is 5.65 Å². The fourth-order valence-corrected chi connectivity index (χ4v) is 4.44. The van der Waals surface area contributed by atoms with Crippen LogP contribution in [0.3, 0.4) is 0 Å². The summed E-state index contributed by atoms with van der Waals surface area (Å²) in [7, 11) is 0. The number of fused-ring (bicyclic) bond motifs is 1. The van der Waals surface area contributed by atoms with Crippen molar-refractivity contribution in [2.24, 2.45) is 0 Å². The van der Waals surface area contributed by atoms with Gasteiger partial charge >= 0.3 is 0 Å². The molecule has 0 fully saturated rings. The second-order valence-electron chi connectivity index (χ2n) is 6.56. The summed E-state index contributed by atoms with van der Waals surface area (Å²) < 4.78 is 2.40. The van der Waals surface area contributed by atoms with E-state index in [4.69, 9.17) is 0 Å². The van der Waals surface area contributed by atoms with E-state index in [0.717, 1.165) is 26.4 Å². The fraction of sp³-hybridized carbons (Fsp3) is 0.200. The van der Waals surface area contributed by atoms with Crippen molar-refractivity contribution in [1.82, 2.24) is 19.6 Å². The first kappa shape index (κ1) is 18.6. The summed E-state index contributed by atoms with van der Waals surface area (Å²) in [4.78, 5) is 16.9. The number of hydrogen-bond acceptors (Lipinski definition) is 7. The van der Waals surface area contributed by atoms with Crippen molar-refractivity contribution < 1.29 is 0 Å². The average Bonchev–Trinajstić information content (AvgIpc) is 3.11. The van der Waals surface area contributed by atoms with Gasteiger partial charge in [0.2, 0.25) is 5.13 Å². The van der Waals surface area contributed by atoms with E-state index in [0.29, 0.717) is 11.4 Å². The zero-order chi connectivity index (χ0) is 19.7. The summed E-state index contributed by atoms with van der Waals surface area (Å²) in [5.41, 5.74) is 5.82. The third-order valence-electron chi connectivity index (χ3n) is 4.45. The molecule has 3 heterocycles. The number of benzene rings is 1. The fourth-order valence-electron chi connectivity index (χ4n) is 2.78. The molecule has 3 aromatic heterocycles. The molecule has 0 saturated carbocycles. The van der Waals surface area contributed by atoms with Gasteiger partial charge < -0.3 is 5.32 Å². The van der Waals surface area contributed by atoms with Gasteiger partial charge in [-0.1, -0.05) is 35.2 Å². The third kappa shape index (κ3) is 3.93. The Morgan fingerprint density at radius 1 is 1.07 bits per heavy atom. The Morgan fingerprint density at radius 3 is 2.75 bits per heavy atom. The highest BCUT2D eigenvalue weighted by Gasteiger charge is 2.09. The van der Waals surface area contributed by atoms with E-state index in [-0.39, 0.29) is 5.56 Å². The number of pyridine rings is 1. The molecule has 0 amide bonds. The van der Waals surface area contributed by atoms with E-state index in [2.05, 4.69) is 46.5 Å². The summed E-state index contributed by atoms with van der Waals surface area (Å²) in [6.07, 6.45) is 1.74. The highest BCUT2D eigenvalue weighted by Crippen LogP contribution is 2.30. The van der Waals surface area contributed by atoms with Gasteiger partial charge in [0.25, 0.3) is 5.56 Å². The van der Waals surface area contributed by atoms with E-state index >= 15 is 0 Å². The first-order valence-corrected chi connectivity index (χ1v) is 10.6. The zero-order valence-electron chi connectivity index (χ0n) is 15.8. The van der Waals surface area contributed by atoms with Crippen LogP contribution in [0.4, 0.5) is 10.8 Å². The molecule has 8 heteroatoms. The van der Waals surface area contributed by atoms with Gasteiger partial charge in [0, 0.05) is 23.7 Å². The van der Waals surface area contributed by atoms with Gasteiger partial charge in [-0.25, -0.2) is 4.98 Å². The van der Waals surface area contributed by atoms with Crippen molar-refractivity contribution in [1.29, 1.82) is 0 Å². The number of nitrogens with one attached hydrogen (secondary N) is 1. The van der Waals surface area contributed by atoms with Crippen LogP contribution in [0.1, 0.15) is 22.4 Å². The standard InChI is InChI=1S/C20H19N5OS2/c1-12-6-7-15(9-14(12)3)22-19-23-24-20(28-19)27-11-16-10-17(26)25-8-4-5-13(2)18(25)21-16/h4-10H,11H2,1-3H3,(H,22,23). The Hall–Kier alpha value is -2.71. The highest BCUT2D eigenvalue weighted by molar-refractivity contribution is 8.00. The maximum absolute atomic E-state index is 12.3. The molecule has 0 aliphatic carbocycles. The molecule has 0 unspecified atom stereocenters. The lowest BCUT2D eigenvalue weighted by molar-refractivity contribution is 0.994. The molecule has 28 heavy (non-hydrogen) atoms. The van der Waals surface area contributed by atoms with Crippen molar-refractivity contribution in [2.45, 2.75) is 30.9 Å². The normalized spacial score (nSPS) is 11.1. The van der Waals surface area contributed by atoms with E-state index in [1.165, 1.54) is 34.2 Å². The Labute approximate surface area is 170 Å². The summed E-state index contributed by atoms with van der Waals surface area (Å²) >= 11 is 3.01. The molecule has 142 valence electrons. The van der Waals surface area contributed by atoms with Crippen LogP contribution in [0.5, 0.6) is 0 Å². The summed E-state index contributed by atoms with van der Waals surface area (Å²) in [5.74, 6) is 0.568. The Bertz CT molecular complexity index is 1210. The molecular weight excluding hydrogens is 390 g/mol. The molecule has 0 aliphatic heterocycles. The number of rotatable bonds is 5. The Kier molecular flexibility index (Phi) is 5.15. The van der Waals surface area contributed by atoms with Crippen molar-refractivity contribution in [3.05, 3.63) is 75.3 Å².